The van der Waals surface area contributed by atoms with Gasteiger partial charge in [0.1, 0.15) is 0 Å². The van der Waals surface area contributed by atoms with Crippen molar-refractivity contribution in [3.8, 4) is 34.6 Å². The van der Waals surface area contributed by atoms with Crippen molar-refractivity contribution in [2.24, 2.45) is 9.98 Å². The number of hydrogen-bond donors (Lipinski definition) is 0. The Morgan fingerprint density at radius 2 is 0.786 bits per heavy atom. The molecule has 0 fully saturated rings. The van der Waals surface area contributed by atoms with Crippen LogP contribution in [0.1, 0.15) is 0 Å². The van der Waals surface area contributed by atoms with Gasteiger partial charge in [0.05, 0.1) is 10.7 Å². The second-order valence-electron chi connectivity index (χ2n) is 9.59. The SMILES string of the molecule is N#C/N=c1\c2cc(-c3cc(F)nc(F)c3)ccc2c2cc3/c(=N/C#N)c4cc(-c5cc(F)nc(F)c5)ccc4c3cc12. The molecule has 0 unspecified atom stereocenters. The minimum absolute atomic E-state index is 0.277. The normalized spacial score (nSPS) is 12.5. The first kappa shape index (κ1) is 25.0. The first-order chi connectivity index (χ1) is 20.3. The van der Waals surface area contributed by atoms with Gasteiger partial charge in [-0.1, -0.05) is 24.3 Å². The van der Waals surface area contributed by atoms with E-state index in [9.17, 15) is 28.1 Å². The van der Waals surface area contributed by atoms with E-state index < -0.39 is 23.8 Å². The molecule has 2 heterocycles. The summed E-state index contributed by atoms with van der Waals surface area (Å²) in [4.78, 5) is 14.5. The lowest BCUT2D eigenvalue weighted by Gasteiger charge is -2.03. The lowest BCUT2D eigenvalue weighted by atomic mass is 10.0. The van der Waals surface area contributed by atoms with Gasteiger partial charge in [-0.15, -0.1) is 0 Å². The van der Waals surface area contributed by atoms with Crippen LogP contribution in [0.2, 0.25) is 0 Å². The second-order valence-corrected chi connectivity index (χ2v) is 9.59. The lowest BCUT2D eigenvalue weighted by Crippen LogP contribution is -1.99. The molecule has 7 aromatic rings. The Morgan fingerprint density at radius 3 is 1.14 bits per heavy atom. The third-order valence-electron chi connectivity index (χ3n) is 7.31. The number of benzene rings is 3. The average Bonchev–Trinajstić information content (AvgIpc) is 3.42. The summed E-state index contributed by atoms with van der Waals surface area (Å²) >= 11 is 0. The molecule has 198 valence electrons. The number of nitrogens with zero attached hydrogens (tertiary/aromatic N) is 6. The number of halogens is 4. The maximum atomic E-state index is 13.8. The van der Waals surface area contributed by atoms with Gasteiger partial charge < -0.3 is 0 Å². The molecule has 0 aliphatic heterocycles. The van der Waals surface area contributed by atoms with E-state index in [1.165, 1.54) is 0 Å². The molecule has 0 N–H and O–H groups in total. The van der Waals surface area contributed by atoms with Crippen LogP contribution in [0.15, 0.2) is 82.8 Å². The van der Waals surface area contributed by atoms with E-state index in [4.69, 9.17) is 0 Å². The number of nitriles is 2. The van der Waals surface area contributed by atoms with E-state index in [1.54, 1.807) is 36.4 Å². The maximum absolute atomic E-state index is 13.8. The number of pyridine rings is 2. The van der Waals surface area contributed by atoms with E-state index in [0.717, 1.165) is 45.8 Å². The highest BCUT2D eigenvalue weighted by Crippen LogP contribution is 2.35. The number of aromatic nitrogens is 2. The Labute approximate surface area is 233 Å². The van der Waals surface area contributed by atoms with Crippen molar-refractivity contribution in [3.63, 3.8) is 0 Å². The molecule has 42 heavy (non-hydrogen) atoms. The van der Waals surface area contributed by atoms with Gasteiger partial charge in [-0.25, -0.2) is 0 Å². The predicted molar refractivity (Wildman–Crippen MR) is 147 cm³/mol. The Morgan fingerprint density at radius 1 is 0.429 bits per heavy atom. The molecule has 2 aromatic heterocycles. The van der Waals surface area contributed by atoms with Gasteiger partial charge in [-0.2, -0.15) is 48.0 Å². The van der Waals surface area contributed by atoms with Gasteiger partial charge in [-0.05, 0) is 68.1 Å². The fourth-order valence-corrected chi connectivity index (χ4v) is 5.64. The van der Waals surface area contributed by atoms with Gasteiger partial charge in [0.15, 0.2) is 0 Å². The van der Waals surface area contributed by atoms with Crippen molar-refractivity contribution in [1.82, 2.24) is 9.97 Å². The van der Waals surface area contributed by atoms with E-state index in [1.807, 2.05) is 24.5 Å². The fraction of sp³-hybridized carbons (Fsp3) is 0. The van der Waals surface area contributed by atoms with Crippen LogP contribution < -0.4 is 10.7 Å². The first-order valence-electron chi connectivity index (χ1n) is 12.4. The Hall–Kier alpha value is -6.00. The molecule has 0 spiro atoms. The van der Waals surface area contributed by atoms with Crippen molar-refractivity contribution >= 4 is 43.1 Å². The smallest absolute Gasteiger partial charge is 0.191 e. The Kier molecular flexibility index (Phi) is 5.53. The number of fused-ring (bicyclic) bond motifs is 6. The first-order valence-corrected chi connectivity index (χ1v) is 12.4. The molecule has 0 atom stereocenters. The third kappa shape index (κ3) is 3.86. The Balaban J connectivity index is 1.54. The zero-order valence-electron chi connectivity index (χ0n) is 21.1. The van der Waals surface area contributed by atoms with Gasteiger partial charge in [0, 0.05) is 45.8 Å². The lowest BCUT2D eigenvalue weighted by molar-refractivity contribution is 0.512. The van der Waals surface area contributed by atoms with E-state index in [2.05, 4.69) is 20.0 Å². The molecule has 5 aromatic carbocycles. The minimum atomic E-state index is -0.957. The fourth-order valence-electron chi connectivity index (χ4n) is 5.64. The summed E-state index contributed by atoms with van der Waals surface area (Å²) in [5.74, 6) is -3.83. The minimum Gasteiger partial charge on any atom is -0.191 e. The molecule has 0 amide bonds. The second kappa shape index (κ2) is 9.29. The van der Waals surface area contributed by atoms with Crippen LogP contribution in [0.5, 0.6) is 0 Å². The average molecular weight is 556 g/mol. The van der Waals surface area contributed by atoms with Crippen molar-refractivity contribution < 1.29 is 17.6 Å². The molecule has 10 heteroatoms. The Bertz CT molecular complexity index is 2280. The van der Waals surface area contributed by atoms with Gasteiger partial charge in [0.2, 0.25) is 36.2 Å². The molecule has 0 aliphatic carbocycles. The van der Waals surface area contributed by atoms with E-state index in [0.29, 0.717) is 43.4 Å². The number of hydrogen-bond acceptors (Lipinski definition) is 6. The highest BCUT2D eigenvalue weighted by molar-refractivity contribution is 6.21. The zero-order valence-corrected chi connectivity index (χ0v) is 21.1. The standard InChI is InChI=1S/C32H12F4N6/c33-27-7-17(8-28(34)41-27)15-1-3-19-21-11-26-22(12-25(21)31(39-13-37)23(19)5-15)20-4-2-16(6-24(20)32(26)40-14-38)18-9-29(35)42-30(36)10-18/h1-12H/b39-31+,40-32+. The van der Waals surface area contributed by atoms with Crippen LogP contribution in [0.25, 0.3) is 65.3 Å². The summed E-state index contributed by atoms with van der Waals surface area (Å²) in [6.45, 7) is 0. The molecule has 7 rings (SSSR count). The van der Waals surface area contributed by atoms with Crippen molar-refractivity contribution in [2.75, 3.05) is 0 Å². The summed E-state index contributed by atoms with van der Waals surface area (Å²) < 4.78 is 55.3. The molecule has 6 nitrogen and oxygen atoms in total. The molecular weight excluding hydrogens is 544 g/mol. The quantitative estimate of drug-likeness (QED) is 0.136. The van der Waals surface area contributed by atoms with E-state index >= 15 is 0 Å². The predicted octanol–water partition coefficient (Wildman–Crippen LogP) is 6.62. The van der Waals surface area contributed by atoms with Crippen LogP contribution in [0, 0.1) is 46.7 Å². The number of rotatable bonds is 2. The summed E-state index contributed by atoms with van der Waals surface area (Å²) in [5, 5.41) is 25.2. The largest absolute Gasteiger partial charge is 0.216 e. The van der Waals surface area contributed by atoms with Crippen LogP contribution >= 0.6 is 0 Å². The van der Waals surface area contributed by atoms with Crippen molar-refractivity contribution in [2.45, 2.75) is 0 Å². The molecule has 0 aliphatic rings. The summed E-state index contributed by atoms with van der Waals surface area (Å²) in [6, 6.07) is 18.6. The monoisotopic (exact) mass is 556 g/mol. The van der Waals surface area contributed by atoms with Crippen LogP contribution in [-0.2, 0) is 0 Å². The highest BCUT2D eigenvalue weighted by atomic mass is 19.1. The van der Waals surface area contributed by atoms with Crippen LogP contribution in [0.3, 0.4) is 0 Å². The zero-order chi connectivity index (χ0) is 29.1. The van der Waals surface area contributed by atoms with Gasteiger partial charge >= 0.3 is 0 Å². The van der Waals surface area contributed by atoms with Crippen LogP contribution in [-0.4, -0.2) is 9.97 Å². The van der Waals surface area contributed by atoms with Gasteiger partial charge in [0.25, 0.3) is 0 Å². The summed E-state index contributed by atoms with van der Waals surface area (Å²) in [6.07, 6.45) is 3.69. The molecule has 0 saturated heterocycles. The third-order valence-corrected chi connectivity index (χ3v) is 7.31. The topological polar surface area (TPSA) is 98.1 Å². The van der Waals surface area contributed by atoms with E-state index in [-0.39, 0.29) is 11.1 Å². The van der Waals surface area contributed by atoms with Gasteiger partial charge in [-0.3, -0.25) is 0 Å². The molecule has 0 saturated carbocycles. The van der Waals surface area contributed by atoms with Crippen molar-refractivity contribution in [3.05, 3.63) is 107 Å². The maximum Gasteiger partial charge on any atom is 0.216 e. The van der Waals surface area contributed by atoms with Crippen LogP contribution in [0.4, 0.5) is 17.6 Å². The molecule has 0 bridgehead atoms. The molecule has 0 radical (unpaired) electrons. The molecular formula is C32H12F4N6. The highest BCUT2D eigenvalue weighted by Gasteiger charge is 2.17. The summed E-state index contributed by atoms with van der Waals surface area (Å²) in [5.41, 5.74) is 1.57. The summed E-state index contributed by atoms with van der Waals surface area (Å²) in [7, 11) is 0. The van der Waals surface area contributed by atoms with Crippen molar-refractivity contribution in [1.29, 1.82) is 10.5 Å².